The van der Waals surface area contributed by atoms with Crippen molar-refractivity contribution in [2.24, 2.45) is 5.41 Å². The summed E-state index contributed by atoms with van der Waals surface area (Å²) < 4.78 is 0. The number of rotatable bonds is 4. The minimum absolute atomic E-state index is 0.0228. The van der Waals surface area contributed by atoms with E-state index in [0.717, 1.165) is 18.5 Å². The molecule has 3 nitrogen and oxygen atoms in total. The lowest BCUT2D eigenvalue weighted by atomic mass is 9.64. The van der Waals surface area contributed by atoms with Crippen LogP contribution in [-0.4, -0.2) is 22.4 Å². The van der Waals surface area contributed by atoms with E-state index in [-0.39, 0.29) is 18.1 Å². The number of hydrogen-bond donors (Lipinski definition) is 3. The molecular formula is C14H21NO2. The number of aliphatic hydroxyl groups excluding tert-OH is 2. The third kappa shape index (κ3) is 2.51. The summed E-state index contributed by atoms with van der Waals surface area (Å²) in [5.74, 6) is 0. The van der Waals surface area contributed by atoms with E-state index in [9.17, 15) is 5.11 Å². The Morgan fingerprint density at radius 3 is 2.29 bits per heavy atom. The van der Waals surface area contributed by atoms with E-state index in [1.165, 1.54) is 5.56 Å². The molecule has 3 N–H and O–H groups in total. The van der Waals surface area contributed by atoms with E-state index in [1.54, 1.807) is 0 Å². The van der Waals surface area contributed by atoms with Gasteiger partial charge in [-0.1, -0.05) is 38.1 Å². The third-order valence-corrected chi connectivity index (χ3v) is 3.97. The van der Waals surface area contributed by atoms with Gasteiger partial charge >= 0.3 is 0 Å². The molecule has 1 aromatic rings. The highest BCUT2D eigenvalue weighted by Gasteiger charge is 2.46. The zero-order valence-corrected chi connectivity index (χ0v) is 10.5. The first-order valence-electron chi connectivity index (χ1n) is 6.14. The standard InChI is InChI=1S/C14H21NO2/c1-14(2)12(7-13(14)17)15-8-10-3-5-11(9-16)6-4-10/h3-6,12-13,15-17H,7-9H2,1-2H3. The Morgan fingerprint density at radius 2 is 1.82 bits per heavy atom. The van der Waals surface area contributed by atoms with Gasteiger partial charge in [-0.3, -0.25) is 0 Å². The molecule has 17 heavy (non-hydrogen) atoms. The summed E-state index contributed by atoms with van der Waals surface area (Å²) in [5, 5.41) is 22.1. The number of benzene rings is 1. The van der Waals surface area contributed by atoms with Crippen LogP contribution in [0.1, 0.15) is 31.4 Å². The molecule has 0 bridgehead atoms. The molecule has 1 aromatic carbocycles. The minimum Gasteiger partial charge on any atom is -0.392 e. The van der Waals surface area contributed by atoms with Gasteiger partial charge < -0.3 is 15.5 Å². The normalized spacial score (nSPS) is 26.6. The molecule has 1 saturated carbocycles. The van der Waals surface area contributed by atoms with Crippen molar-refractivity contribution >= 4 is 0 Å². The molecule has 2 unspecified atom stereocenters. The highest BCUT2D eigenvalue weighted by Crippen LogP contribution is 2.40. The fourth-order valence-corrected chi connectivity index (χ4v) is 2.25. The van der Waals surface area contributed by atoms with Gasteiger partial charge in [0, 0.05) is 18.0 Å². The van der Waals surface area contributed by atoms with Gasteiger partial charge in [-0.15, -0.1) is 0 Å². The molecule has 0 heterocycles. The van der Waals surface area contributed by atoms with Crippen LogP contribution in [0, 0.1) is 5.41 Å². The van der Waals surface area contributed by atoms with Crippen molar-refractivity contribution in [3.05, 3.63) is 35.4 Å². The molecule has 94 valence electrons. The average Bonchev–Trinajstić information content (AvgIpc) is 2.35. The van der Waals surface area contributed by atoms with Crippen LogP contribution in [0.2, 0.25) is 0 Å². The van der Waals surface area contributed by atoms with Crippen LogP contribution in [0.5, 0.6) is 0 Å². The first-order valence-corrected chi connectivity index (χ1v) is 6.14. The zero-order chi connectivity index (χ0) is 12.5. The number of nitrogens with one attached hydrogen (secondary N) is 1. The van der Waals surface area contributed by atoms with Crippen molar-refractivity contribution in [2.75, 3.05) is 0 Å². The Bertz CT molecular complexity index is 372. The van der Waals surface area contributed by atoms with E-state index < -0.39 is 0 Å². The van der Waals surface area contributed by atoms with E-state index in [4.69, 9.17) is 5.11 Å². The molecular weight excluding hydrogens is 214 g/mol. The van der Waals surface area contributed by atoms with Crippen molar-refractivity contribution < 1.29 is 10.2 Å². The zero-order valence-electron chi connectivity index (χ0n) is 10.5. The molecule has 0 aliphatic heterocycles. The van der Waals surface area contributed by atoms with Gasteiger partial charge in [-0.05, 0) is 17.5 Å². The van der Waals surface area contributed by atoms with Crippen LogP contribution in [0.3, 0.4) is 0 Å². The largest absolute Gasteiger partial charge is 0.392 e. The molecule has 0 radical (unpaired) electrons. The van der Waals surface area contributed by atoms with Gasteiger partial charge in [-0.2, -0.15) is 0 Å². The van der Waals surface area contributed by atoms with Crippen LogP contribution in [-0.2, 0) is 13.2 Å². The Kier molecular flexibility index (Phi) is 3.52. The molecule has 2 rings (SSSR count). The third-order valence-electron chi connectivity index (χ3n) is 3.97. The second-order valence-corrected chi connectivity index (χ2v) is 5.48. The molecule has 0 aromatic heterocycles. The van der Waals surface area contributed by atoms with E-state index in [2.05, 4.69) is 19.2 Å². The fourth-order valence-electron chi connectivity index (χ4n) is 2.25. The molecule has 0 spiro atoms. The lowest BCUT2D eigenvalue weighted by Gasteiger charge is -2.49. The number of hydrogen-bond acceptors (Lipinski definition) is 3. The van der Waals surface area contributed by atoms with Crippen LogP contribution in [0.4, 0.5) is 0 Å². The van der Waals surface area contributed by atoms with E-state index in [1.807, 2.05) is 24.3 Å². The lowest BCUT2D eigenvalue weighted by molar-refractivity contribution is -0.0729. The molecule has 0 amide bonds. The topological polar surface area (TPSA) is 52.5 Å². The Morgan fingerprint density at radius 1 is 1.24 bits per heavy atom. The quantitative estimate of drug-likeness (QED) is 0.740. The maximum atomic E-state index is 9.64. The summed E-state index contributed by atoms with van der Waals surface area (Å²) >= 11 is 0. The second kappa shape index (κ2) is 4.77. The van der Waals surface area contributed by atoms with Crippen LogP contribution in [0.25, 0.3) is 0 Å². The smallest absolute Gasteiger partial charge is 0.0681 e. The van der Waals surface area contributed by atoms with Gasteiger partial charge in [-0.25, -0.2) is 0 Å². The first-order chi connectivity index (χ1) is 8.04. The average molecular weight is 235 g/mol. The molecule has 1 aliphatic carbocycles. The van der Waals surface area contributed by atoms with Gasteiger partial charge in [0.05, 0.1) is 12.7 Å². The van der Waals surface area contributed by atoms with Crippen molar-refractivity contribution in [2.45, 2.75) is 45.6 Å². The van der Waals surface area contributed by atoms with Crippen molar-refractivity contribution in [1.82, 2.24) is 5.32 Å². The SMILES string of the molecule is CC1(C)C(O)CC1NCc1ccc(CO)cc1. The number of aliphatic hydroxyl groups is 2. The summed E-state index contributed by atoms with van der Waals surface area (Å²) in [7, 11) is 0. The molecule has 3 heteroatoms. The van der Waals surface area contributed by atoms with Crippen molar-refractivity contribution in [1.29, 1.82) is 0 Å². The lowest BCUT2D eigenvalue weighted by Crippen LogP contribution is -2.59. The fraction of sp³-hybridized carbons (Fsp3) is 0.571. The summed E-state index contributed by atoms with van der Waals surface area (Å²) in [6.45, 7) is 5.09. The van der Waals surface area contributed by atoms with Gasteiger partial charge in [0.25, 0.3) is 0 Å². The Hall–Kier alpha value is -0.900. The first kappa shape index (κ1) is 12.6. The monoisotopic (exact) mass is 235 g/mol. The summed E-state index contributed by atoms with van der Waals surface area (Å²) in [6, 6.07) is 8.33. The van der Waals surface area contributed by atoms with E-state index in [0.29, 0.717) is 6.04 Å². The summed E-state index contributed by atoms with van der Waals surface area (Å²) in [4.78, 5) is 0. The maximum Gasteiger partial charge on any atom is 0.0681 e. The van der Waals surface area contributed by atoms with Gasteiger partial charge in [0.2, 0.25) is 0 Å². The van der Waals surface area contributed by atoms with Gasteiger partial charge in [0.15, 0.2) is 0 Å². The summed E-state index contributed by atoms with van der Waals surface area (Å²) in [5.41, 5.74) is 2.12. The van der Waals surface area contributed by atoms with Crippen LogP contribution >= 0.6 is 0 Å². The molecule has 1 fully saturated rings. The van der Waals surface area contributed by atoms with Crippen molar-refractivity contribution in [3.8, 4) is 0 Å². The predicted octanol–water partition coefficient (Wildman–Crippen LogP) is 1.43. The molecule has 1 aliphatic rings. The molecule has 2 atom stereocenters. The van der Waals surface area contributed by atoms with Crippen LogP contribution in [0.15, 0.2) is 24.3 Å². The second-order valence-electron chi connectivity index (χ2n) is 5.48. The molecule has 0 saturated heterocycles. The van der Waals surface area contributed by atoms with Crippen LogP contribution < -0.4 is 5.32 Å². The highest BCUT2D eigenvalue weighted by atomic mass is 16.3. The van der Waals surface area contributed by atoms with E-state index >= 15 is 0 Å². The Balaban J connectivity index is 1.86. The Labute approximate surface area is 102 Å². The van der Waals surface area contributed by atoms with Crippen molar-refractivity contribution in [3.63, 3.8) is 0 Å². The highest BCUT2D eigenvalue weighted by molar-refractivity contribution is 5.22. The van der Waals surface area contributed by atoms with Gasteiger partial charge in [0.1, 0.15) is 0 Å². The minimum atomic E-state index is -0.184. The maximum absolute atomic E-state index is 9.64. The predicted molar refractivity (Wildman–Crippen MR) is 67.4 cm³/mol. The summed E-state index contributed by atoms with van der Waals surface area (Å²) in [6.07, 6.45) is 0.651.